The van der Waals surface area contributed by atoms with Gasteiger partial charge in [-0.25, -0.2) is 0 Å². The topological polar surface area (TPSA) is 72.8 Å². The predicted octanol–water partition coefficient (Wildman–Crippen LogP) is 18.6. The van der Waals surface area contributed by atoms with E-state index in [0.717, 1.165) is 83.5 Å². The summed E-state index contributed by atoms with van der Waals surface area (Å²) < 4.78 is 10.7. The van der Waals surface area contributed by atoms with Gasteiger partial charge in [-0.3, -0.25) is 9.59 Å². The van der Waals surface area contributed by atoms with E-state index in [1.54, 1.807) is 0 Å². The number of aliphatic hydroxyl groups is 1. The van der Waals surface area contributed by atoms with Crippen LogP contribution in [-0.4, -0.2) is 36.4 Å². The van der Waals surface area contributed by atoms with Crippen molar-refractivity contribution in [3.05, 3.63) is 85.1 Å². The number of allylic oxidation sites excluding steroid dienone is 14. The van der Waals surface area contributed by atoms with Crippen molar-refractivity contribution in [3.8, 4) is 0 Å². The van der Waals surface area contributed by atoms with Gasteiger partial charge in [0.2, 0.25) is 0 Å². The average molecular weight is 905 g/mol. The normalized spacial score (nSPS) is 12.8. The summed E-state index contributed by atoms with van der Waals surface area (Å²) in [5.41, 5.74) is 0. The molecule has 0 saturated heterocycles. The molecule has 1 unspecified atom stereocenters. The van der Waals surface area contributed by atoms with E-state index in [4.69, 9.17) is 9.47 Å². The van der Waals surface area contributed by atoms with E-state index in [9.17, 15) is 14.7 Å². The van der Waals surface area contributed by atoms with Gasteiger partial charge in [-0.05, 0) is 89.9 Å². The van der Waals surface area contributed by atoms with Gasteiger partial charge in [-0.1, -0.05) is 247 Å². The lowest BCUT2D eigenvalue weighted by Gasteiger charge is -2.15. The summed E-state index contributed by atoms with van der Waals surface area (Å²) in [6.07, 6.45) is 77.0. The van der Waals surface area contributed by atoms with E-state index >= 15 is 0 Å². The van der Waals surface area contributed by atoms with Gasteiger partial charge >= 0.3 is 11.9 Å². The molecule has 0 rings (SSSR count). The minimum atomic E-state index is -0.776. The summed E-state index contributed by atoms with van der Waals surface area (Å²) >= 11 is 0. The third kappa shape index (κ3) is 53.6. The van der Waals surface area contributed by atoms with Gasteiger partial charge in [0, 0.05) is 12.8 Å². The van der Waals surface area contributed by atoms with E-state index in [2.05, 4.69) is 98.9 Å². The lowest BCUT2D eigenvalue weighted by atomic mass is 10.0. The molecule has 0 aliphatic carbocycles. The summed E-state index contributed by atoms with van der Waals surface area (Å²) in [7, 11) is 0. The van der Waals surface area contributed by atoms with Gasteiger partial charge in [-0.2, -0.15) is 0 Å². The monoisotopic (exact) mass is 905 g/mol. The zero-order valence-electron chi connectivity index (χ0n) is 42.7. The van der Waals surface area contributed by atoms with Crippen molar-refractivity contribution in [2.24, 2.45) is 0 Å². The zero-order chi connectivity index (χ0) is 47.0. The minimum Gasteiger partial charge on any atom is -0.462 e. The Balaban J connectivity index is 3.46. The number of aliphatic hydroxyl groups excluding tert-OH is 1. The van der Waals surface area contributed by atoms with E-state index < -0.39 is 6.10 Å². The maximum absolute atomic E-state index is 12.3. The lowest BCUT2D eigenvalue weighted by Crippen LogP contribution is -2.28. The Morgan fingerprint density at radius 1 is 0.369 bits per heavy atom. The second-order valence-corrected chi connectivity index (χ2v) is 18.3. The van der Waals surface area contributed by atoms with Gasteiger partial charge in [0.25, 0.3) is 0 Å². The van der Waals surface area contributed by atoms with Crippen LogP contribution >= 0.6 is 0 Å². The summed E-state index contributed by atoms with van der Waals surface area (Å²) in [4.78, 5) is 24.4. The highest BCUT2D eigenvalue weighted by molar-refractivity contribution is 5.70. The number of hydrogen-bond donors (Lipinski definition) is 1. The van der Waals surface area contributed by atoms with Crippen molar-refractivity contribution in [1.29, 1.82) is 0 Å². The second kappa shape index (κ2) is 55.4. The highest BCUT2D eigenvalue weighted by Crippen LogP contribution is 2.16. The summed E-state index contributed by atoms with van der Waals surface area (Å²) in [5, 5.41) is 9.62. The van der Waals surface area contributed by atoms with Crippen molar-refractivity contribution in [2.75, 3.05) is 13.2 Å². The van der Waals surface area contributed by atoms with Crippen molar-refractivity contribution in [3.63, 3.8) is 0 Å². The fraction of sp³-hybridized carbons (Fsp3) is 0.733. The van der Waals surface area contributed by atoms with Gasteiger partial charge in [0.05, 0.1) is 6.61 Å². The van der Waals surface area contributed by atoms with Crippen LogP contribution in [0.3, 0.4) is 0 Å². The molecule has 1 N–H and O–H groups in total. The Labute approximate surface area is 403 Å². The van der Waals surface area contributed by atoms with Gasteiger partial charge in [-0.15, -0.1) is 0 Å². The number of hydrogen-bond acceptors (Lipinski definition) is 5. The molecular formula is C60H104O5. The molecule has 0 heterocycles. The fourth-order valence-electron chi connectivity index (χ4n) is 7.79. The average Bonchev–Trinajstić information content (AvgIpc) is 3.31. The van der Waals surface area contributed by atoms with Gasteiger partial charge in [0.15, 0.2) is 6.10 Å². The Morgan fingerprint density at radius 2 is 0.662 bits per heavy atom. The molecule has 0 saturated carbocycles. The van der Waals surface area contributed by atoms with E-state index in [1.807, 2.05) is 0 Å². The molecule has 5 nitrogen and oxygen atoms in total. The van der Waals surface area contributed by atoms with Crippen LogP contribution in [0.4, 0.5) is 0 Å². The Hall–Kier alpha value is -2.92. The molecular weight excluding hydrogens is 801 g/mol. The molecule has 5 heteroatoms. The highest BCUT2D eigenvalue weighted by Gasteiger charge is 2.16. The zero-order valence-corrected chi connectivity index (χ0v) is 42.7. The number of carbonyl (C=O) groups excluding carboxylic acids is 2. The number of unbranched alkanes of at least 4 members (excludes halogenated alkanes) is 28. The number of ether oxygens (including phenoxy) is 2. The van der Waals surface area contributed by atoms with Crippen LogP contribution in [0.25, 0.3) is 0 Å². The van der Waals surface area contributed by atoms with Gasteiger partial charge in [0.1, 0.15) is 6.61 Å². The van der Waals surface area contributed by atoms with Crippen LogP contribution < -0.4 is 0 Å². The predicted molar refractivity (Wildman–Crippen MR) is 283 cm³/mol. The molecule has 0 radical (unpaired) electrons. The third-order valence-electron chi connectivity index (χ3n) is 11.9. The Morgan fingerprint density at radius 3 is 1.02 bits per heavy atom. The first kappa shape index (κ1) is 62.1. The van der Waals surface area contributed by atoms with Crippen LogP contribution in [0, 0.1) is 0 Å². The molecule has 65 heavy (non-hydrogen) atoms. The molecule has 0 aliphatic rings. The molecule has 0 aromatic heterocycles. The van der Waals surface area contributed by atoms with E-state index in [0.29, 0.717) is 12.8 Å². The molecule has 0 fully saturated rings. The first-order chi connectivity index (χ1) is 32.1. The quantitative estimate of drug-likeness (QED) is 0.0374. The maximum atomic E-state index is 12.3. The van der Waals surface area contributed by atoms with Crippen LogP contribution in [0.1, 0.15) is 264 Å². The maximum Gasteiger partial charge on any atom is 0.306 e. The second-order valence-electron chi connectivity index (χ2n) is 18.3. The van der Waals surface area contributed by atoms with E-state index in [-0.39, 0.29) is 25.2 Å². The first-order valence-corrected chi connectivity index (χ1v) is 27.6. The standard InChI is InChI=1S/C60H104O5/c1-3-5-7-9-11-13-15-17-19-20-21-22-23-24-25-26-27-28-29-30-31-32-33-34-35-36-37-38-39-40-41-43-45-47-49-51-53-55-60(63)65-58(56-61)57-64-59(62)54-52-50-48-46-44-42-18-16-14-12-10-8-6-4-2/h5,7,11,13,16-19,21-22,24-25,27-28,58,61H,3-4,6,8-10,12,14-15,20,23,26,29-57H2,1-2H3/b7-5-,13-11-,18-16-,19-17-,22-21-,25-24-,28-27-. The Bertz CT molecular complexity index is 1210. The molecule has 0 aromatic carbocycles. The van der Waals surface area contributed by atoms with Crippen molar-refractivity contribution < 1.29 is 24.2 Å². The van der Waals surface area contributed by atoms with Crippen LogP contribution in [0.5, 0.6) is 0 Å². The SMILES string of the molecule is CC/C=C\C/C=C\C/C=C\C/C=C\C/C=C\C/C=C\CCCCCCCCCCCCCCCCCCCCC(=O)OC(CO)COC(=O)CCCCCCC/C=C\CCCCCCC. The summed E-state index contributed by atoms with van der Waals surface area (Å²) in [6.45, 7) is 4.02. The van der Waals surface area contributed by atoms with Crippen molar-refractivity contribution >= 4 is 11.9 Å². The smallest absolute Gasteiger partial charge is 0.306 e. The molecule has 1 atom stereocenters. The van der Waals surface area contributed by atoms with Crippen molar-refractivity contribution in [1.82, 2.24) is 0 Å². The third-order valence-corrected chi connectivity index (χ3v) is 11.9. The fourth-order valence-corrected chi connectivity index (χ4v) is 7.79. The number of carbonyl (C=O) groups is 2. The lowest BCUT2D eigenvalue weighted by molar-refractivity contribution is -0.161. The molecule has 0 amide bonds. The molecule has 374 valence electrons. The largest absolute Gasteiger partial charge is 0.462 e. The molecule has 0 aromatic rings. The van der Waals surface area contributed by atoms with Gasteiger partial charge < -0.3 is 14.6 Å². The number of esters is 2. The van der Waals surface area contributed by atoms with Crippen LogP contribution in [-0.2, 0) is 19.1 Å². The minimum absolute atomic E-state index is 0.0697. The summed E-state index contributed by atoms with van der Waals surface area (Å²) in [6, 6.07) is 0. The van der Waals surface area contributed by atoms with Crippen molar-refractivity contribution in [2.45, 2.75) is 270 Å². The molecule has 0 bridgehead atoms. The summed E-state index contributed by atoms with van der Waals surface area (Å²) in [5.74, 6) is -0.595. The highest BCUT2D eigenvalue weighted by atomic mass is 16.6. The number of rotatable bonds is 50. The molecule has 0 aliphatic heterocycles. The molecule has 0 spiro atoms. The Kier molecular flexibility index (Phi) is 52.9. The van der Waals surface area contributed by atoms with E-state index in [1.165, 1.54) is 154 Å². The van der Waals surface area contributed by atoms with Crippen LogP contribution in [0.15, 0.2) is 85.1 Å². The first-order valence-electron chi connectivity index (χ1n) is 27.6. The van der Waals surface area contributed by atoms with Crippen LogP contribution in [0.2, 0.25) is 0 Å².